The number of benzene rings is 1. The van der Waals surface area contributed by atoms with E-state index in [4.69, 9.17) is 4.74 Å². The maximum Gasteiger partial charge on any atom is 0.118 e. The number of nitrogens with zero attached hydrogens (tertiary/aromatic N) is 1. The van der Waals surface area contributed by atoms with E-state index in [0.29, 0.717) is 23.0 Å². The molecule has 1 N–H and O–H groups in total. The van der Waals surface area contributed by atoms with E-state index in [1.807, 2.05) is 6.92 Å². The van der Waals surface area contributed by atoms with Crippen LogP contribution in [0.15, 0.2) is 23.8 Å². The maximum absolute atomic E-state index is 10.2. The van der Waals surface area contributed by atoms with Gasteiger partial charge in [0.15, 0.2) is 0 Å². The second-order valence-electron chi connectivity index (χ2n) is 10.4. The third-order valence-corrected chi connectivity index (χ3v) is 8.37. The predicted octanol–water partition coefficient (Wildman–Crippen LogP) is 5.31. The van der Waals surface area contributed by atoms with Gasteiger partial charge in [-0.3, -0.25) is 0 Å². The average molecular weight is 625 g/mol. The predicted molar refractivity (Wildman–Crippen MR) is 119 cm³/mol. The fourth-order valence-corrected chi connectivity index (χ4v) is 6.79. The molecule has 2 saturated carbocycles. The molecule has 1 radical (unpaired) electrons. The monoisotopic (exact) mass is 624 g/mol. The minimum Gasteiger partial charge on any atom is -0.508 e. The van der Waals surface area contributed by atoms with Gasteiger partial charge in [0.2, 0.25) is 0 Å². The Kier molecular flexibility index (Phi) is 8.21. The van der Waals surface area contributed by atoms with Gasteiger partial charge in [0.1, 0.15) is 5.75 Å². The quantitative estimate of drug-likeness (QED) is 0.357. The number of phenols is 1. The van der Waals surface area contributed by atoms with Crippen LogP contribution < -0.4 is 0 Å². The van der Waals surface area contributed by atoms with Gasteiger partial charge in [-0.2, -0.15) is 0 Å². The van der Waals surface area contributed by atoms with Crippen molar-refractivity contribution >= 4 is 0 Å². The van der Waals surface area contributed by atoms with Crippen molar-refractivity contribution in [3.8, 4) is 5.75 Å². The molecule has 3 nitrogen and oxygen atoms in total. The minimum absolute atomic E-state index is 0. The zero-order valence-electron chi connectivity index (χ0n) is 19.6. The number of aromatic hydroxyl groups is 1. The van der Waals surface area contributed by atoms with E-state index in [-0.39, 0.29) is 44.1 Å². The molecule has 4 heteroatoms. The van der Waals surface area contributed by atoms with E-state index in [9.17, 15) is 5.11 Å². The van der Waals surface area contributed by atoms with Crippen molar-refractivity contribution in [1.82, 2.24) is 4.90 Å². The number of allylic oxidation sites excluding steroid dienone is 1. The Balaban J connectivity index is 0.00000256. The molecule has 5 atom stereocenters. The standard InChI is InChI=1S/C26H39NO2.Ac/c1-17-15-22-19(16-24(17)28)14-18(2)25-21(22)8-10-26(3)20(6-7-23(25)26)9-12-29-13-11-27(4)5;/h9,15-16,18,21,23,25,28H,6-8,10-14H2,1-5H3;/b20-9+;/t18-,21?,23?,25?,26?;/m1./s1. The number of ether oxygens (including phenoxy) is 1. The Bertz CT molecular complexity index is 789. The van der Waals surface area contributed by atoms with Crippen LogP contribution in [0.1, 0.15) is 62.1 Å². The normalized spacial score (nSPS) is 33.7. The van der Waals surface area contributed by atoms with Gasteiger partial charge in [0.25, 0.3) is 0 Å². The molecule has 2 fully saturated rings. The van der Waals surface area contributed by atoms with E-state index in [0.717, 1.165) is 43.6 Å². The van der Waals surface area contributed by atoms with Gasteiger partial charge in [-0.25, -0.2) is 0 Å². The van der Waals surface area contributed by atoms with Crippen LogP contribution in [0.5, 0.6) is 5.75 Å². The van der Waals surface area contributed by atoms with Crippen molar-refractivity contribution in [2.45, 2.75) is 58.8 Å². The van der Waals surface area contributed by atoms with E-state index in [2.05, 4.69) is 51.1 Å². The summed E-state index contributed by atoms with van der Waals surface area (Å²) in [7, 11) is 4.18. The smallest absolute Gasteiger partial charge is 0.118 e. The van der Waals surface area contributed by atoms with E-state index in [1.165, 1.54) is 36.8 Å². The van der Waals surface area contributed by atoms with Gasteiger partial charge in [-0.15, -0.1) is 0 Å². The van der Waals surface area contributed by atoms with Crippen LogP contribution in [0.3, 0.4) is 0 Å². The topological polar surface area (TPSA) is 32.7 Å². The molecule has 4 rings (SSSR count). The molecule has 3 aliphatic rings. The van der Waals surface area contributed by atoms with Crippen molar-refractivity contribution in [3.63, 3.8) is 0 Å². The van der Waals surface area contributed by atoms with Gasteiger partial charge in [-0.1, -0.05) is 31.6 Å². The van der Waals surface area contributed by atoms with E-state index >= 15 is 0 Å². The maximum atomic E-state index is 10.2. The van der Waals surface area contributed by atoms with Crippen LogP contribution in [-0.4, -0.2) is 43.9 Å². The van der Waals surface area contributed by atoms with Crippen molar-refractivity contribution in [3.05, 3.63) is 40.5 Å². The molecule has 0 amide bonds. The van der Waals surface area contributed by atoms with Crippen LogP contribution in [0.4, 0.5) is 0 Å². The first-order valence-corrected chi connectivity index (χ1v) is 11.6. The number of phenolic OH excluding ortho intramolecular Hbond substituents is 1. The Morgan fingerprint density at radius 3 is 2.77 bits per heavy atom. The molecule has 30 heavy (non-hydrogen) atoms. The second-order valence-corrected chi connectivity index (χ2v) is 10.4. The number of fused-ring (bicyclic) bond motifs is 5. The zero-order valence-corrected chi connectivity index (χ0v) is 24.3. The summed E-state index contributed by atoms with van der Waals surface area (Å²) in [6, 6.07) is 4.34. The van der Waals surface area contributed by atoms with Gasteiger partial charge in [0, 0.05) is 50.6 Å². The molecule has 0 bridgehead atoms. The summed E-state index contributed by atoms with van der Waals surface area (Å²) in [6.45, 7) is 9.59. The fraction of sp³-hybridized carbons (Fsp3) is 0.692. The first-order valence-electron chi connectivity index (χ1n) is 11.6. The molecular weight excluding hydrogens is 585 g/mol. The Hall–Kier alpha value is 0.122. The Morgan fingerprint density at radius 1 is 1.27 bits per heavy atom. The summed E-state index contributed by atoms with van der Waals surface area (Å²) in [4.78, 5) is 2.17. The molecular formula is C26H39AcNO2. The van der Waals surface area contributed by atoms with Crippen LogP contribution >= 0.6 is 0 Å². The summed E-state index contributed by atoms with van der Waals surface area (Å²) < 4.78 is 5.89. The van der Waals surface area contributed by atoms with Crippen LogP contribution in [0.2, 0.25) is 0 Å². The van der Waals surface area contributed by atoms with Crippen molar-refractivity contribution < 1.29 is 53.9 Å². The molecule has 0 aromatic heterocycles. The Labute approximate surface area is 219 Å². The second kappa shape index (κ2) is 9.95. The molecule has 163 valence electrons. The molecule has 0 saturated heterocycles. The van der Waals surface area contributed by atoms with Gasteiger partial charge >= 0.3 is 0 Å². The summed E-state index contributed by atoms with van der Waals surface area (Å²) >= 11 is 0. The van der Waals surface area contributed by atoms with E-state index in [1.54, 1.807) is 5.57 Å². The first-order chi connectivity index (χ1) is 13.8. The number of likely N-dealkylation sites (N-methyl/N-ethyl adjacent to an activating group) is 1. The molecule has 4 unspecified atom stereocenters. The fourth-order valence-electron chi connectivity index (χ4n) is 6.79. The molecule has 3 aliphatic carbocycles. The first kappa shape index (κ1) is 24.8. The number of hydrogen-bond donors (Lipinski definition) is 1. The summed E-state index contributed by atoms with van der Waals surface area (Å²) in [5, 5.41) is 10.2. The molecule has 0 heterocycles. The molecule has 0 spiro atoms. The number of hydrogen-bond acceptors (Lipinski definition) is 3. The minimum atomic E-state index is 0. The van der Waals surface area contributed by atoms with Crippen LogP contribution in [0, 0.1) is 74.2 Å². The van der Waals surface area contributed by atoms with Crippen LogP contribution in [-0.2, 0) is 11.2 Å². The zero-order chi connectivity index (χ0) is 20.8. The van der Waals surface area contributed by atoms with Crippen molar-refractivity contribution in [2.24, 2.45) is 23.2 Å². The third-order valence-electron chi connectivity index (χ3n) is 8.37. The van der Waals surface area contributed by atoms with Crippen molar-refractivity contribution in [2.75, 3.05) is 33.9 Å². The number of aryl methyl sites for hydroxylation is 1. The van der Waals surface area contributed by atoms with Gasteiger partial charge in [0.05, 0.1) is 13.2 Å². The van der Waals surface area contributed by atoms with Gasteiger partial charge in [-0.05, 0) is 105 Å². The van der Waals surface area contributed by atoms with Crippen molar-refractivity contribution in [1.29, 1.82) is 0 Å². The third kappa shape index (κ3) is 4.59. The largest absolute Gasteiger partial charge is 0.508 e. The SMILES string of the molecule is Cc1cc2c(cc1O)C[C@@H](C)C1C2CCC2(C)/C(=C/COCCN(C)C)CCC12.[Ac]. The molecule has 1 aromatic carbocycles. The summed E-state index contributed by atoms with van der Waals surface area (Å²) in [5.74, 6) is 3.38. The Morgan fingerprint density at radius 2 is 2.03 bits per heavy atom. The van der Waals surface area contributed by atoms with Gasteiger partial charge < -0.3 is 14.7 Å². The average Bonchev–Trinajstić information content (AvgIpc) is 2.99. The molecule has 0 aliphatic heterocycles. The number of rotatable bonds is 5. The van der Waals surface area contributed by atoms with Crippen LogP contribution in [0.25, 0.3) is 0 Å². The summed E-state index contributed by atoms with van der Waals surface area (Å²) in [5.41, 5.74) is 5.98. The molecule has 1 aromatic rings. The van der Waals surface area contributed by atoms with E-state index < -0.39 is 0 Å². The summed E-state index contributed by atoms with van der Waals surface area (Å²) in [6.07, 6.45) is 8.67.